The first-order valence-corrected chi connectivity index (χ1v) is 9.81. The third-order valence-electron chi connectivity index (χ3n) is 4.63. The maximum atomic E-state index is 12.5. The summed E-state index contributed by atoms with van der Waals surface area (Å²) in [6.45, 7) is 13.5. The van der Waals surface area contributed by atoms with Gasteiger partial charge in [-0.15, -0.1) is 0 Å². The molecule has 0 aliphatic rings. The highest BCUT2D eigenvalue weighted by Crippen LogP contribution is 2.23. The standard InChI is InChI=1S/C22H32N4O/c1-6-26(7-2)19-9-11-20(17(5)14-19)25-22(27)21-10-8-18(15-24-21)23-13-12-16(3)4/h8-11,14-16,23H,6-7,12-13H2,1-5H3,(H,25,27). The summed E-state index contributed by atoms with van der Waals surface area (Å²) >= 11 is 0. The molecule has 0 bridgehead atoms. The van der Waals surface area contributed by atoms with Crippen LogP contribution in [0.1, 0.15) is 50.2 Å². The number of nitrogens with one attached hydrogen (secondary N) is 2. The van der Waals surface area contributed by atoms with Crippen molar-refractivity contribution in [2.24, 2.45) is 5.92 Å². The molecule has 0 saturated carbocycles. The summed E-state index contributed by atoms with van der Waals surface area (Å²) in [5.41, 5.74) is 4.38. The molecule has 5 heteroatoms. The Balaban J connectivity index is 2.00. The summed E-state index contributed by atoms with van der Waals surface area (Å²) in [4.78, 5) is 19.1. The van der Waals surface area contributed by atoms with Gasteiger partial charge in [-0.1, -0.05) is 13.8 Å². The van der Waals surface area contributed by atoms with E-state index in [4.69, 9.17) is 0 Å². The van der Waals surface area contributed by atoms with Gasteiger partial charge < -0.3 is 15.5 Å². The predicted octanol–water partition coefficient (Wildman–Crippen LogP) is 4.95. The molecule has 0 aliphatic heterocycles. The normalized spacial score (nSPS) is 10.7. The minimum absolute atomic E-state index is 0.192. The van der Waals surface area contributed by atoms with Crippen molar-refractivity contribution in [1.29, 1.82) is 0 Å². The van der Waals surface area contributed by atoms with Gasteiger partial charge in [0.15, 0.2) is 0 Å². The fourth-order valence-corrected chi connectivity index (χ4v) is 2.90. The molecule has 27 heavy (non-hydrogen) atoms. The molecule has 1 heterocycles. The second-order valence-electron chi connectivity index (χ2n) is 7.17. The van der Waals surface area contributed by atoms with Crippen LogP contribution in [0.3, 0.4) is 0 Å². The number of anilines is 3. The topological polar surface area (TPSA) is 57.3 Å². The lowest BCUT2D eigenvalue weighted by Crippen LogP contribution is -2.22. The maximum absolute atomic E-state index is 12.5. The van der Waals surface area contributed by atoms with Crippen LogP contribution in [0.4, 0.5) is 17.1 Å². The molecule has 1 aromatic carbocycles. The number of benzene rings is 1. The van der Waals surface area contributed by atoms with Gasteiger partial charge in [0.2, 0.25) is 0 Å². The number of carbonyl (C=O) groups is 1. The average Bonchev–Trinajstić information content (AvgIpc) is 2.65. The lowest BCUT2D eigenvalue weighted by atomic mass is 10.1. The monoisotopic (exact) mass is 368 g/mol. The van der Waals surface area contributed by atoms with Crippen LogP contribution >= 0.6 is 0 Å². The number of aromatic nitrogens is 1. The van der Waals surface area contributed by atoms with Crippen LogP contribution in [0.15, 0.2) is 36.5 Å². The molecule has 5 nitrogen and oxygen atoms in total. The zero-order valence-corrected chi connectivity index (χ0v) is 17.2. The van der Waals surface area contributed by atoms with E-state index in [1.54, 1.807) is 12.3 Å². The van der Waals surface area contributed by atoms with Crippen LogP contribution in [0.25, 0.3) is 0 Å². The van der Waals surface area contributed by atoms with E-state index in [2.05, 4.69) is 54.3 Å². The number of nitrogens with zero attached hydrogens (tertiary/aromatic N) is 2. The van der Waals surface area contributed by atoms with Crippen molar-refractivity contribution in [3.8, 4) is 0 Å². The molecule has 0 spiro atoms. The highest BCUT2D eigenvalue weighted by atomic mass is 16.1. The molecule has 2 rings (SSSR count). The van der Waals surface area contributed by atoms with Gasteiger partial charge in [-0.05, 0) is 69.0 Å². The summed E-state index contributed by atoms with van der Waals surface area (Å²) in [6, 6.07) is 9.77. The second-order valence-corrected chi connectivity index (χ2v) is 7.17. The smallest absolute Gasteiger partial charge is 0.274 e. The summed E-state index contributed by atoms with van der Waals surface area (Å²) in [7, 11) is 0. The highest BCUT2D eigenvalue weighted by Gasteiger charge is 2.11. The maximum Gasteiger partial charge on any atom is 0.274 e. The zero-order valence-electron chi connectivity index (χ0n) is 17.2. The Hall–Kier alpha value is -2.56. The van der Waals surface area contributed by atoms with Crippen molar-refractivity contribution < 1.29 is 4.79 Å². The molecule has 0 aliphatic carbocycles. The van der Waals surface area contributed by atoms with E-state index in [9.17, 15) is 4.79 Å². The van der Waals surface area contributed by atoms with Crippen molar-refractivity contribution in [2.45, 2.75) is 41.0 Å². The number of hydrogen-bond acceptors (Lipinski definition) is 4. The number of pyridine rings is 1. The number of aryl methyl sites for hydroxylation is 1. The van der Waals surface area contributed by atoms with Gasteiger partial charge in [0, 0.05) is 31.0 Å². The first-order chi connectivity index (χ1) is 12.9. The molecule has 1 amide bonds. The van der Waals surface area contributed by atoms with Crippen molar-refractivity contribution in [3.05, 3.63) is 47.8 Å². The second kappa shape index (κ2) is 9.95. The summed E-state index contributed by atoms with van der Waals surface area (Å²) < 4.78 is 0. The predicted molar refractivity (Wildman–Crippen MR) is 115 cm³/mol. The van der Waals surface area contributed by atoms with Crippen molar-refractivity contribution in [3.63, 3.8) is 0 Å². The van der Waals surface area contributed by atoms with E-state index in [0.717, 1.165) is 43.0 Å². The number of carbonyl (C=O) groups excluding carboxylic acids is 1. The Kier molecular flexibility index (Phi) is 7.65. The molecule has 0 saturated heterocycles. The molecular weight excluding hydrogens is 336 g/mol. The van der Waals surface area contributed by atoms with Gasteiger partial charge in [-0.3, -0.25) is 4.79 Å². The molecule has 146 valence electrons. The van der Waals surface area contributed by atoms with Gasteiger partial charge in [0.05, 0.1) is 11.9 Å². The van der Waals surface area contributed by atoms with Crippen LogP contribution in [-0.2, 0) is 0 Å². The first kappa shape index (κ1) is 20.7. The molecular formula is C22H32N4O. The zero-order chi connectivity index (χ0) is 19.8. The number of amides is 1. The van der Waals surface area contributed by atoms with E-state index in [1.165, 1.54) is 5.69 Å². The SMILES string of the molecule is CCN(CC)c1ccc(NC(=O)c2ccc(NCCC(C)C)cn2)c(C)c1. The van der Waals surface area contributed by atoms with E-state index in [0.29, 0.717) is 11.6 Å². The fraction of sp³-hybridized carbons (Fsp3) is 0.455. The summed E-state index contributed by atoms with van der Waals surface area (Å²) in [5, 5.41) is 6.30. The average molecular weight is 369 g/mol. The first-order valence-electron chi connectivity index (χ1n) is 9.81. The third-order valence-corrected chi connectivity index (χ3v) is 4.63. The van der Waals surface area contributed by atoms with Gasteiger partial charge in [-0.25, -0.2) is 4.98 Å². The van der Waals surface area contributed by atoms with E-state index < -0.39 is 0 Å². The Morgan fingerprint density at radius 2 is 1.89 bits per heavy atom. The van der Waals surface area contributed by atoms with Crippen molar-refractivity contribution >= 4 is 23.0 Å². The Labute approximate surface area is 163 Å². The van der Waals surface area contributed by atoms with Crippen LogP contribution in [0, 0.1) is 12.8 Å². The molecule has 2 N–H and O–H groups in total. The Morgan fingerprint density at radius 1 is 1.15 bits per heavy atom. The third kappa shape index (κ3) is 5.98. The number of rotatable bonds is 9. The van der Waals surface area contributed by atoms with Gasteiger partial charge in [0.1, 0.15) is 5.69 Å². The van der Waals surface area contributed by atoms with E-state index >= 15 is 0 Å². The van der Waals surface area contributed by atoms with Gasteiger partial charge in [0.25, 0.3) is 5.91 Å². The number of hydrogen-bond donors (Lipinski definition) is 2. The summed E-state index contributed by atoms with van der Waals surface area (Å²) in [6.07, 6.45) is 2.82. The quantitative estimate of drug-likeness (QED) is 0.658. The van der Waals surface area contributed by atoms with E-state index in [-0.39, 0.29) is 5.91 Å². The molecule has 0 radical (unpaired) electrons. The molecule has 0 unspecified atom stereocenters. The van der Waals surface area contributed by atoms with E-state index in [1.807, 2.05) is 25.1 Å². The minimum atomic E-state index is -0.192. The van der Waals surface area contributed by atoms with Crippen LogP contribution < -0.4 is 15.5 Å². The van der Waals surface area contributed by atoms with Crippen LogP contribution in [0.5, 0.6) is 0 Å². The Morgan fingerprint density at radius 3 is 2.44 bits per heavy atom. The molecule has 1 aromatic heterocycles. The lowest BCUT2D eigenvalue weighted by molar-refractivity contribution is 0.102. The van der Waals surface area contributed by atoms with Gasteiger partial charge >= 0.3 is 0 Å². The lowest BCUT2D eigenvalue weighted by Gasteiger charge is -2.22. The molecule has 0 atom stereocenters. The largest absolute Gasteiger partial charge is 0.384 e. The highest BCUT2D eigenvalue weighted by molar-refractivity contribution is 6.03. The van der Waals surface area contributed by atoms with Crippen molar-refractivity contribution in [1.82, 2.24) is 4.98 Å². The minimum Gasteiger partial charge on any atom is -0.384 e. The fourth-order valence-electron chi connectivity index (χ4n) is 2.90. The summed E-state index contributed by atoms with van der Waals surface area (Å²) in [5.74, 6) is 0.467. The van der Waals surface area contributed by atoms with Gasteiger partial charge in [-0.2, -0.15) is 0 Å². The molecule has 0 fully saturated rings. The Bertz CT molecular complexity index is 736. The van der Waals surface area contributed by atoms with Crippen molar-refractivity contribution in [2.75, 3.05) is 35.2 Å². The molecule has 2 aromatic rings. The van der Waals surface area contributed by atoms with Crippen LogP contribution in [-0.4, -0.2) is 30.5 Å². The van der Waals surface area contributed by atoms with Crippen LogP contribution in [0.2, 0.25) is 0 Å².